The van der Waals surface area contributed by atoms with Gasteiger partial charge in [0.15, 0.2) is 5.13 Å². The molecule has 25 heavy (non-hydrogen) atoms. The molecule has 0 atom stereocenters. The van der Waals surface area contributed by atoms with E-state index in [4.69, 9.17) is 0 Å². The summed E-state index contributed by atoms with van der Waals surface area (Å²) in [5.41, 5.74) is 4.28. The van der Waals surface area contributed by atoms with Crippen LogP contribution in [-0.2, 0) is 11.2 Å². The zero-order valence-corrected chi connectivity index (χ0v) is 15.0. The monoisotopic (exact) mass is 346 g/mol. The molecule has 1 amide bonds. The molecule has 0 radical (unpaired) electrons. The average Bonchev–Trinajstić information content (AvgIpc) is 3.01. The van der Waals surface area contributed by atoms with E-state index in [0.717, 1.165) is 21.3 Å². The summed E-state index contributed by atoms with van der Waals surface area (Å²) in [4.78, 5) is 17.0. The quantitative estimate of drug-likeness (QED) is 0.551. The second-order valence-corrected chi connectivity index (χ2v) is 7.31. The molecule has 4 heteroatoms. The number of benzene rings is 3. The summed E-state index contributed by atoms with van der Waals surface area (Å²) in [6.07, 6.45) is 0.365. The number of hydrogen-bond acceptors (Lipinski definition) is 3. The highest BCUT2D eigenvalue weighted by Gasteiger charge is 2.11. The van der Waals surface area contributed by atoms with Crippen molar-refractivity contribution in [3.8, 4) is 0 Å². The average molecular weight is 346 g/mol. The van der Waals surface area contributed by atoms with E-state index in [0.29, 0.717) is 11.6 Å². The molecule has 0 fully saturated rings. The molecule has 0 aliphatic heterocycles. The molecule has 4 rings (SSSR count). The molecular weight excluding hydrogens is 328 g/mol. The molecule has 0 unspecified atom stereocenters. The summed E-state index contributed by atoms with van der Waals surface area (Å²) in [5, 5.41) is 5.97. The van der Waals surface area contributed by atoms with Crippen molar-refractivity contribution in [1.29, 1.82) is 0 Å². The summed E-state index contributed by atoms with van der Waals surface area (Å²) in [5.74, 6) is -0.0305. The first kappa shape index (κ1) is 15.8. The Morgan fingerprint density at radius 2 is 1.92 bits per heavy atom. The zero-order valence-electron chi connectivity index (χ0n) is 14.2. The Balaban J connectivity index is 1.61. The van der Waals surface area contributed by atoms with Gasteiger partial charge in [0.1, 0.15) is 0 Å². The molecule has 0 saturated carbocycles. The molecule has 0 spiro atoms. The topological polar surface area (TPSA) is 42.0 Å². The molecule has 0 saturated heterocycles. The fraction of sp³-hybridized carbons (Fsp3) is 0.143. The molecule has 4 aromatic rings. The second-order valence-electron chi connectivity index (χ2n) is 6.31. The van der Waals surface area contributed by atoms with Crippen LogP contribution in [0.2, 0.25) is 0 Å². The number of carbonyl (C=O) groups is 1. The van der Waals surface area contributed by atoms with Gasteiger partial charge < -0.3 is 5.32 Å². The van der Waals surface area contributed by atoms with Gasteiger partial charge in [0, 0.05) is 5.39 Å². The van der Waals surface area contributed by atoms with Crippen molar-refractivity contribution in [2.75, 3.05) is 5.32 Å². The molecule has 3 aromatic carbocycles. The first-order valence-corrected chi connectivity index (χ1v) is 9.06. The van der Waals surface area contributed by atoms with E-state index in [9.17, 15) is 4.79 Å². The molecular formula is C21H18N2OS. The third-order valence-electron chi connectivity index (χ3n) is 4.38. The lowest BCUT2D eigenvalue weighted by atomic mass is 10.0. The number of amides is 1. The summed E-state index contributed by atoms with van der Waals surface area (Å²) in [6.45, 7) is 4.07. The van der Waals surface area contributed by atoms with Gasteiger partial charge in [-0.1, -0.05) is 65.4 Å². The highest BCUT2D eigenvalue weighted by Crippen LogP contribution is 2.32. The number of nitrogens with one attached hydrogen (secondary N) is 1. The van der Waals surface area contributed by atoms with E-state index in [1.807, 2.05) is 32.0 Å². The van der Waals surface area contributed by atoms with Crippen molar-refractivity contribution in [1.82, 2.24) is 4.98 Å². The number of thiazole rings is 1. The Labute approximate surface area is 150 Å². The minimum atomic E-state index is -0.0305. The Kier molecular flexibility index (Phi) is 3.98. The Morgan fingerprint density at radius 3 is 2.80 bits per heavy atom. The van der Waals surface area contributed by atoms with Gasteiger partial charge >= 0.3 is 0 Å². The highest BCUT2D eigenvalue weighted by atomic mass is 32.1. The van der Waals surface area contributed by atoms with Crippen LogP contribution in [0.4, 0.5) is 5.13 Å². The lowest BCUT2D eigenvalue weighted by molar-refractivity contribution is -0.115. The normalized spacial score (nSPS) is 11.1. The number of nitrogens with zero attached hydrogens (tertiary/aromatic N) is 1. The molecule has 1 aromatic heterocycles. The maximum absolute atomic E-state index is 12.4. The Bertz CT molecular complexity index is 1100. The molecule has 0 aliphatic carbocycles. The van der Waals surface area contributed by atoms with Crippen LogP contribution < -0.4 is 5.32 Å². The number of aromatic nitrogens is 1. The van der Waals surface area contributed by atoms with Gasteiger partial charge in [-0.05, 0) is 36.4 Å². The largest absolute Gasteiger partial charge is 0.302 e. The summed E-state index contributed by atoms with van der Waals surface area (Å²) in [6, 6.07) is 18.5. The van der Waals surface area contributed by atoms with Crippen LogP contribution in [0.3, 0.4) is 0 Å². The first-order chi connectivity index (χ1) is 12.1. The van der Waals surface area contributed by atoms with Crippen LogP contribution >= 0.6 is 11.3 Å². The van der Waals surface area contributed by atoms with Crippen LogP contribution in [0.5, 0.6) is 0 Å². The zero-order chi connectivity index (χ0) is 17.4. The third-order valence-corrected chi connectivity index (χ3v) is 5.40. The van der Waals surface area contributed by atoms with Gasteiger partial charge in [-0.3, -0.25) is 4.79 Å². The smallest absolute Gasteiger partial charge is 0.230 e. The standard InChI is InChI=1S/C21H18N2OS/c1-13-7-8-14(2)16(11-13)12-19(24)23-21-22-18-10-9-15-5-3-4-6-17(15)20(18)25-21/h3-11H,12H2,1-2H3,(H,22,23,24). The van der Waals surface area contributed by atoms with E-state index < -0.39 is 0 Å². The van der Waals surface area contributed by atoms with Crippen LogP contribution in [0.25, 0.3) is 21.0 Å². The van der Waals surface area contributed by atoms with Gasteiger partial charge in [0.2, 0.25) is 5.91 Å². The van der Waals surface area contributed by atoms with Crippen LogP contribution in [-0.4, -0.2) is 10.9 Å². The predicted octanol–water partition coefficient (Wildman–Crippen LogP) is 5.25. The molecule has 1 heterocycles. The van der Waals surface area contributed by atoms with E-state index >= 15 is 0 Å². The van der Waals surface area contributed by atoms with Crippen molar-refractivity contribution in [3.63, 3.8) is 0 Å². The fourth-order valence-electron chi connectivity index (χ4n) is 3.04. The molecule has 0 bridgehead atoms. The number of rotatable bonds is 3. The van der Waals surface area contributed by atoms with Gasteiger partial charge in [-0.25, -0.2) is 4.98 Å². The highest BCUT2D eigenvalue weighted by molar-refractivity contribution is 7.23. The van der Waals surface area contributed by atoms with Crippen LogP contribution in [0, 0.1) is 13.8 Å². The number of hydrogen-bond donors (Lipinski definition) is 1. The van der Waals surface area contributed by atoms with E-state index in [2.05, 4.69) is 46.7 Å². The van der Waals surface area contributed by atoms with Gasteiger partial charge in [-0.15, -0.1) is 0 Å². The number of fused-ring (bicyclic) bond motifs is 3. The lowest BCUT2D eigenvalue weighted by Gasteiger charge is -2.06. The third kappa shape index (κ3) is 3.13. The van der Waals surface area contributed by atoms with Crippen LogP contribution in [0.1, 0.15) is 16.7 Å². The predicted molar refractivity (Wildman–Crippen MR) is 105 cm³/mol. The maximum atomic E-state index is 12.4. The molecule has 0 aliphatic rings. The van der Waals surface area contributed by atoms with E-state index in [-0.39, 0.29) is 5.91 Å². The second kappa shape index (κ2) is 6.30. The van der Waals surface area contributed by atoms with Gasteiger partial charge in [0.05, 0.1) is 16.6 Å². The molecule has 3 nitrogen and oxygen atoms in total. The van der Waals surface area contributed by atoms with Crippen molar-refractivity contribution < 1.29 is 4.79 Å². The van der Waals surface area contributed by atoms with E-state index in [1.54, 1.807) is 0 Å². The number of carbonyl (C=O) groups excluding carboxylic acids is 1. The molecule has 124 valence electrons. The molecule has 1 N–H and O–H groups in total. The van der Waals surface area contributed by atoms with Crippen molar-refractivity contribution in [2.24, 2.45) is 0 Å². The Morgan fingerprint density at radius 1 is 1.08 bits per heavy atom. The summed E-state index contributed by atoms with van der Waals surface area (Å²) in [7, 11) is 0. The number of aryl methyl sites for hydroxylation is 2. The first-order valence-electron chi connectivity index (χ1n) is 8.24. The summed E-state index contributed by atoms with van der Waals surface area (Å²) >= 11 is 1.53. The SMILES string of the molecule is Cc1ccc(C)c(CC(=O)Nc2nc3ccc4ccccc4c3s2)c1. The van der Waals surface area contributed by atoms with E-state index in [1.165, 1.54) is 27.7 Å². The van der Waals surface area contributed by atoms with Gasteiger partial charge in [0.25, 0.3) is 0 Å². The lowest BCUT2D eigenvalue weighted by Crippen LogP contribution is -2.14. The minimum Gasteiger partial charge on any atom is -0.302 e. The van der Waals surface area contributed by atoms with Crippen molar-refractivity contribution in [2.45, 2.75) is 20.3 Å². The number of anilines is 1. The summed E-state index contributed by atoms with van der Waals surface area (Å²) < 4.78 is 1.11. The van der Waals surface area contributed by atoms with Crippen LogP contribution in [0.15, 0.2) is 54.6 Å². The van der Waals surface area contributed by atoms with Crippen molar-refractivity contribution in [3.05, 3.63) is 71.3 Å². The fourth-order valence-corrected chi connectivity index (χ4v) is 4.05. The maximum Gasteiger partial charge on any atom is 0.230 e. The Hall–Kier alpha value is -2.72. The minimum absolute atomic E-state index is 0.0305. The van der Waals surface area contributed by atoms with Crippen molar-refractivity contribution >= 4 is 43.4 Å². The van der Waals surface area contributed by atoms with Gasteiger partial charge in [-0.2, -0.15) is 0 Å².